The monoisotopic (exact) mass is 304 g/mol. The van der Waals surface area contributed by atoms with E-state index < -0.39 is 21.9 Å². The molecule has 1 aromatic heterocycles. The maximum absolute atomic E-state index is 12.7. The van der Waals surface area contributed by atoms with E-state index in [1.54, 1.807) is 24.3 Å². The van der Waals surface area contributed by atoms with Crippen LogP contribution in [0, 0.1) is 0 Å². The lowest BCUT2D eigenvalue weighted by atomic mass is 10.0. The Morgan fingerprint density at radius 2 is 2.00 bits per heavy atom. The summed E-state index contributed by atoms with van der Waals surface area (Å²) < 4.78 is 26.5. The fourth-order valence-electron chi connectivity index (χ4n) is 2.44. The van der Waals surface area contributed by atoms with Gasteiger partial charge in [-0.15, -0.1) is 0 Å². The largest absolute Gasteiger partial charge is 0.481 e. The number of pyridine rings is 1. The molecule has 0 bridgehead atoms. The summed E-state index contributed by atoms with van der Waals surface area (Å²) in [6, 6.07) is 9.63. The van der Waals surface area contributed by atoms with Crippen LogP contribution in [-0.2, 0) is 14.8 Å². The fraction of sp³-hybridized carbons (Fsp3) is 0.143. The Balaban J connectivity index is 2.11. The summed E-state index contributed by atoms with van der Waals surface area (Å²) in [6.07, 6.45) is 2.74. The van der Waals surface area contributed by atoms with Gasteiger partial charge in [-0.3, -0.25) is 14.1 Å². The Hall–Kier alpha value is -2.41. The molecule has 2 heterocycles. The summed E-state index contributed by atoms with van der Waals surface area (Å²) >= 11 is 0. The molecule has 1 aliphatic rings. The van der Waals surface area contributed by atoms with Gasteiger partial charge in [-0.05, 0) is 23.8 Å². The Morgan fingerprint density at radius 3 is 2.67 bits per heavy atom. The Kier molecular flexibility index (Phi) is 3.13. The van der Waals surface area contributed by atoms with Crippen LogP contribution >= 0.6 is 0 Å². The SMILES string of the molecule is O=C(O)C1CN(S(=O)(=O)c2cccnc2)c2ccccc21. The number of carboxylic acid groups (broad SMARTS) is 1. The Bertz CT molecular complexity index is 790. The van der Waals surface area contributed by atoms with Gasteiger partial charge in [0.15, 0.2) is 0 Å². The Morgan fingerprint density at radius 1 is 1.24 bits per heavy atom. The molecule has 21 heavy (non-hydrogen) atoms. The van der Waals surface area contributed by atoms with Crippen LogP contribution in [0.1, 0.15) is 11.5 Å². The number of sulfonamides is 1. The molecule has 1 atom stereocenters. The highest BCUT2D eigenvalue weighted by molar-refractivity contribution is 7.92. The molecule has 1 aliphatic heterocycles. The standard InChI is InChI=1S/C14H12N2O4S/c17-14(18)12-9-16(13-6-2-1-5-11(12)13)21(19,20)10-4-3-7-15-8-10/h1-8,12H,9H2,(H,17,18). The van der Waals surface area contributed by atoms with E-state index in [9.17, 15) is 18.3 Å². The van der Waals surface area contributed by atoms with Crippen molar-refractivity contribution >= 4 is 21.7 Å². The molecule has 2 aromatic rings. The minimum absolute atomic E-state index is 0.0471. The van der Waals surface area contributed by atoms with Crippen molar-refractivity contribution in [2.75, 3.05) is 10.8 Å². The molecule has 1 unspecified atom stereocenters. The lowest BCUT2D eigenvalue weighted by molar-refractivity contribution is -0.138. The van der Waals surface area contributed by atoms with Crippen LogP contribution in [0.25, 0.3) is 0 Å². The van der Waals surface area contributed by atoms with E-state index in [0.29, 0.717) is 11.3 Å². The topological polar surface area (TPSA) is 87.6 Å². The van der Waals surface area contributed by atoms with Gasteiger partial charge in [0.05, 0.1) is 12.2 Å². The van der Waals surface area contributed by atoms with Crippen molar-refractivity contribution < 1.29 is 18.3 Å². The molecule has 1 N–H and O–H groups in total. The molecule has 7 heteroatoms. The fourth-order valence-corrected chi connectivity index (χ4v) is 3.91. The van der Waals surface area contributed by atoms with E-state index in [-0.39, 0.29) is 11.4 Å². The van der Waals surface area contributed by atoms with Crippen LogP contribution in [-0.4, -0.2) is 31.0 Å². The van der Waals surface area contributed by atoms with Crippen molar-refractivity contribution in [3.8, 4) is 0 Å². The van der Waals surface area contributed by atoms with E-state index in [1.807, 2.05) is 0 Å². The van der Waals surface area contributed by atoms with Crippen LogP contribution in [0.5, 0.6) is 0 Å². The minimum Gasteiger partial charge on any atom is -0.481 e. The summed E-state index contributed by atoms with van der Waals surface area (Å²) in [6.45, 7) is -0.105. The number of fused-ring (bicyclic) bond motifs is 1. The Labute approximate surface area is 121 Å². The molecule has 0 radical (unpaired) electrons. The van der Waals surface area contributed by atoms with E-state index in [1.165, 1.54) is 24.5 Å². The lowest BCUT2D eigenvalue weighted by Gasteiger charge is -2.19. The number of benzene rings is 1. The number of para-hydroxylation sites is 1. The molecule has 3 rings (SSSR count). The predicted octanol–water partition coefficient (Wildman–Crippen LogP) is 1.46. The van der Waals surface area contributed by atoms with Gasteiger partial charge in [-0.25, -0.2) is 8.42 Å². The first-order valence-corrected chi connectivity index (χ1v) is 7.70. The predicted molar refractivity (Wildman–Crippen MR) is 75.6 cm³/mol. The second kappa shape index (κ2) is 4.85. The quantitative estimate of drug-likeness (QED) is 0.927. The molecule has 0 saturated heterocycles. The average molecular weight is 304 g/mol. The second-order valence-electron chi connectivity index (χ2n) is 4.67. The van der Waals surface area contributed by atoms with Crippen molar-refractivity contribution in [1.29, 1.82) is 0 Å². The van der Waals surface area contributed by atoms with E-state index in [2.05, 4.69) is 4.98 Å². The van der Waals surface area contributed by atoms with Gasteiger partial charge >= 0.3 is 5.97 Å². The highest BCUT2D eigenvalue weighted by Gasteiger charge is 2.39. The molecule has 1 aromatic carbocycles. The maximum atomic E-state index is 12.7. The zero-order valence-corrected chi connectivity index (χ0v) is 11.7. The third-order valence-electron chi connectivity index (χ3n) is 3.45. The summed E-state index contributed by atoms with van der Waals surface area (Å²) in [4.78, 5) is 15.2. The number of anilines is 1. The van der Waals surface area contributed by atoms with E-state index >= 15 is 0 Å². The van der Waals surface area contributed by atoms with E-state index in [4.69, 9.17) is 0 Å². The first-order chi connectivity index (χ1) is 10.0. The highest BCUT2D eigenvalue weighted by Crippen LogP contribution is 2.39. The first-order valence-electron chi connectivity index (χ1n) is 6.26. The van der Waals surface area contributed by atoms with Crippen molar-refractivity contribution in [2.45, 2.75) is 10.8 Å². The van der Waals surface area contributed by atoms with Gasteiger partial charge in [0.25, 0.3) is 10.0 Å². The average Bonchev–Trinajstić information content (AvgIpc) is 2.88. The first kappa shape index (κ1) is 13.6. The molecule has 0 amide bonds. The molecule has 0 saturated carbocycles. The maximum Gasteiger partial charge on any atom is 0.312 e. The second-order valence-corrected chi connectivity index (χ2v) is 6.54. The minimum atomic E-state index is -3.81. The number of carboxylic acids is 1. The van der Waals surface area contributed by atoms with Crippen molar-refractivity contribution in [1.82, 2.24) is 4.98 Å². The normalized spacial score (nSPS) is 17.5. The van der Waals surface area contributed by atoms with Gasteiger partial charge in [0, 0.05) is 12.4 Å². The van der Waals surface area contributed by atoms with Crippen molar-refractivity contribution in [3.63, 3.8) is 0 Å². The van der Waals surface area contributed by atoms with Gasteiger partial charge in [0.1, 0.15) is 10.8 Å². The van der Waals surface area contributed by atoms with Crippen LogP contribution in [0.3, 0.4) is 0 Å². The summed E-state index contributed by atoms with van der Waals surface area (Å²) in [5.74, 6) is -1.89. The third-order valence-corrected chi connectivity index (χ3v) is 5.21. The van der Waals surface area contributed by atoms with Crippen molar-refractivity contribution in [2.24, 2.45) is 0 Å². The highest BCUT2D eigenvalue weighted by atomic mass is 32.2. The van der Waals surface area contributed by atoms with Gasteiger partial charge in [0.2, 0.25) is 0 Å². The summed E-state index contributed by atoms with van der Waals surface area (Å²) in [5.41, 5.74) is 0.922. The zero-order chi connectivity index (χ0) is 15.0. The number of hydrogen-bond acceptors (Lipinski definition) is 4. The molecule has 6 nitrogen and oxygen atoms in total. The summed E-state index contributed by atoms with van der Waals surface area (Å²) in [5, 5.41) is 9.28. The van der Waals surface area contributed by atoms with E-state index in [0.717, 1.165) is 4.31 Å². The molecule has 0 aliphatic carbocycles. The summed E-state index contributed by atoms with van der Waals surface area (Å²) in [7, 11) is -3.81. The molecule has 108 valence electrons. The zero-order valence-electron chi connectivity index (χ0n) is 10.9. The number of nitrogens with zero attached hydrogens (tertiary/aromatic N) is 2. The van der Waals surface area contributed by atoms with Crippen LogP contribution in [0.15, 0.2) is 53.7 Å². The number of rotatable bonds is 3. The van der Waals surface area contributed by atoms with Crippen LogP contribution in [0.2, 0.25) is 0 Å². The smallest absolute Gasteiger partial charge is 0.312 e. The number of aliphatic carboxylic acids is 1. The number of hydrogen-bond donors (Lipinski definition) is 1. The molecule has 0 spiro atoms. The third kappa shape index (κ3) is 2.15. The van der Waals surface area contributed by atoms with Gasteiger partial charge in [-0.2, -0.15) is 0 Å². The van der Waals surface area contributed by atoms with Gasteiger partial charge < -0.3 is 5.11 Å². The molecule has 0 fully saturated rings. The van der Waals surface area contributed by atoms with Crippen molar-refractivity contribution in [3.05, 3.63) is 54.4 Å². The van der Waals surface area contributed by atoms with Crippen LogP contribution in [0.4, 0.5) is 5.69 Å². The lowest BCUT2D eigenvalue weighted by Crippen LogP contribution is -2.31. The molecular weight excluding hydrogens is 292 g/mol. The molecular formula is C14H12N2O4S. The van der Waals surface area contributed by atoms with Gasteiger partial charge in [-0.1, -0.05) is 18.2 Å². The number of carbonyl (C=O) groups is 1. The number of aromatic nitrogens is 1. The van der Waals surface area contributed by atoms with Crippen LogP contribution < -0.4 is 4.31 Å².